The van der Waals surface area contributed by atoms with Crippen LogP contribution in [-0.4, -0.2) is 25.7 Å². The van der Waals surface area contributed by atoms with Crippen LogP contribution < -0.4 is 14.8 Å². The molecule has 0 aliphatic rings. The summed E-state index contributed by atoms with van der Waals surface area (Å²) in [5.74, 6) is 1.59. The van der Waals surface area contributed by atoms with E-state index in [1.54, 1.807) is 14.2 Å². The van der Waals surface area contributed by atoms with Crippen molar-refractivity contribution in [2.75, 3.05) is 26.1 Å². The highest BCUT2D eigenvalue weighted by atomic mass is 16.5. The minimum atomic E-state index is 0.769. The predicted octanol–water partition coefficient (Wildman–Crippen LogP) is 3.55. The molecule has 4 heteroatoms. The number of anilines is 1. The maximum atomic E-state index is 5.52. The lowest BCUT2D eigenvalue weighted by atomic mass is 10.0. The summed E-state index contributed by atoms with van der Waals surface area (Å²) in [7, 11) is 3.35. The molecule has 2 rings (SSSR count). The molecule has 0 saturated carbocycles. The molecule has 108 valence electrons. The highest BCUT2D eigenvalue weighted by Gasteiger charge is 2.17. The Kier molecular flexibility index (Phi) is 4.32. The quantitative estimate of drug-likeness (QED) is 0.905. The van der Waals surface area contributed by atoms with Crippen molar-refractivity contribution < 1.29 is 9.47 Å². The number of aromatic nitrogens is 1. The second-order valence-corrected chi connectivity index (χ2v) is 4.63. The molecule has 1 aromatic heterocycles. The molecule has 2 aromatic rings. The summed E-state index contributed by atoms with van der Waals surface area (Å²) < 4.78 is 11.0. The molecule has 1 N–H and O–H groups in total. The third-order valence-corrected chi connectivity index (χ3v) is 3.52. The number of fused-ring (bicyclic) bond motifs is 1. The van der Waals surface area contributed by atoms with E-state index in [0.717, 1.165) is 46.7 Å². The van der Waals surface area contributed by atoms with E-state index in [1.165, 1.54) is 5.56 Å². The van der Waals surface area contributed by atoms with Crippen molar-refractivity contribution in [3.8, 4) is 11.5 Å². The molecule has 1 aromatic carbocycles. The number of hydrogen-bond donors (Lipinski definition) is 1. The van der Waals surface area contributed by atoms with Crippen LogP contribution in [0.5, 0.6) is 11.5 Å². The van der Waals surface area contributed by atoms with Gasteiger partial charge in [-0.1, -0.05) is 6.92 Å². The number of pyridine rings is 1. The number of nitrogens with one attached hydrogen (secondary N) is 1. The van der Waals surface area contributed by atoms with Gasteiger partial charge < -0.3 is 14.8 Å². The van der Waals surface area contributed by atoms with Gasteiger partial charge in [0.2, 0.25) is 0 Å². The van der Waals surface area contributed by atoms with Crippen LogP contribution in [0.15, 0.2) is 12.1 Å². The fourth-order valence-electron chi connectivity index (χ4n) is 2.61. The van der Waals surface area contributed by atoms with Gasteiger partial charge in [-0.15, -0.1) is 0 Å². The second kappa shape index (κ2) is 5.99. The van der Waals surface area contributed by atoms with E-state index in [1.807, 2.05) is 19.1 Å². The van der Waals surface area contributed by atoms with Crippen molar-refractivity contribution in [2.24, 2.45) is 0 Å². The molecule has 20 heavy (non-hydrogen) atoms. The molecule has 0 aliphatic heterocycles. The number of nitrogens with zero attached hydrogens (tertiary/aromatic N) is 1. The van der Waals surface area contributed by atoms with Gasteiger partial charge in [-0.2, -0.15) is 0 Å². The number of methoxy groups -OCH3 is 2. The van der Waals surface area contributed by atoms with Crippen molar-refractivity contribution in [3.63, 3.8) is 0 Å². The summed E-state index contributed by atoms with van der Waals surface area (Å²) in [6.45, 7) is 7.13. The van der Waals surface area contributed by atoms with E-state index in [-0.39, 0.29) is 0 Å². The summed E-state index contributed by atoms with van der Waals surface area (Å²) in [5.41, 5.74) is 4.21. The third-order valence-electron chi connectivity index (χ3n) is 3.52. The summed E-state index contributed by atoms with van der Waals surface area (Å²) in [5, 5.41) is 4.46. The van der Waals surface area contributed by atoms with E-state index in [9.17, 15) is 0 Å². The Morgan fingerprint density at radius 3 is 2.30 bits per heavy atom. The highest BCUT2D eigenvalue weighted by Crippen LogP contribution is 2.39. The summed E-state index contributed by atoms with van der Waals surface area (Å²) >= 11 is 0. The van der Waals surface area contributed by atoms with Crippen LogP contribution in [0.25, 0.3) is 10.9 Å². The minimum absolute atomic E-state index is 0.769. The fourth-order valence-corrected chi connectivity index (χ4v) is 2.61. The number of rotatable bonds is 5. The average molecular weight is 274 g/mol. The van der Waals surface area contributed by atoms with Gasteiger partial charge in [0.15, 0.2) is 0 Å². The van der Waals surface area contributed by atoms with Crippen molar-refractivity contribution >= 4 is 16.6 Å². The molecule has 0 radical (unpaired) electrons. The maximum Gasteiger partial charge on any atom is 0.145 e. The number of hydrogen-bond acceptors (Lipinski definition) is 4. The van der Waals surface area contributed by atoms with E-state index >= 15 is 0 Å². The van der Waals surface area contributed by atoms with Gasteiger partial charge in [-0.05, 0) is 38.0 Å². The Morgan fingerprint density at radius 2 is 1.75 bits per heavy atom. The van der Waals surface area contributed by atoms with Gasteiger partial charge in [-0.25, -0.2) is 4.98 Å². The fraction of sp³-hybridized carbons (Fsp3) is 0.438. The monoisotopic (exact) mass is 274 g/mol. The number of aryl methyl sites for hydroxylation is 1. The van der Waals surface area contributed by atoms with Crippen molar-refractivity contribution in [1.29, 1.82) is 0 Å². The largest absolute Gasteiger partial charge is 0.496 e. The summed E-state index contributed by atoms with van der Waals surface area (Å²) in [6.07, 6.45) is 0.928. The normalized spacial score (nSPS) is 10.7. The molecule has 0 spiro atoms. The Hall–Kier alpha value is -1.97. The van der Waals surface area contributed by atoms with Crippen LogP contribution in [-0.2, 0) is 6.42 Å². The number of ether oxygens (including phenoxy) is 2. The van der Waals surface area contributed by atoms with Crippen LogP contribution in [0.2, 0.25) is 0 Å². The zero-order valence-corrected chi connectivity index (χ0v) is 12.8. The molecular weight excluding hydrogens is 252 g/mol. The molecule has 0 saturated heterocycles. The third kappa shape index (κ3) is 2.26. The van der Waals surface area contributed by atoms with E-state index in [0.29, 0.717) is 0 Å². The topological polar surface area (TPSA) is 43.4 Å². The highest BCUT2D eigenvalue weighted by molar-refractivity contribution is 6.01. The standard InChI is InChI=1S/C16H22N2O2/c1-6-11-10(3)18-16-13(20-5)9-8-12(19-4)14(16)15(11)17-7-2/h8-9H,6-7H2,1-5H3,(H,17,18). The zero-order valence-electron chi connectivity index (χ0n) is 12.8. The first-order chi connectivity index (χ1) is 9.67. The Morgan fingerprint density at radius 1 is 1.10 bits per heavy atom. The lowest BCUT2D eigenvalue weighted by Crippen LogP contribution is -2.06. The van der Waals surface area contributed by atoms with Gasteiger partial charge in [0.25, 0.3) is 0 Å². The average Bonchev–Trinajstić information content (AvgIpc) is 2.46. The van der Waals surface area contributed by atoms with E-state index in [2.05, 4.69) is 19.2 Å². The Labute approximate surface area is 120 Å². The molecular formula is C16H22N2O2. The SMILES string of the molecule is CCNc1c(CC)c(C)nc2c(OC)ccc(OC)c12. The van der Waals surface area contributed by atoms with Crippen LogP contribution in [0.1, 0.15) is 25.1 Å². The first kappa shape index (κ1) is 14.4. The van der Waals surface area contributed by atoms with Gasteiger partial charge in [0.1, 0.15) is 17.0 Å². The van der Waals surface area contributed by atoms with Gasteiger partial charge in [0, 0.05) is 12.2 Å². The van der Waals surface area contributed by atoms with Crippen LogP contribution in [0.3, 0.4) is 0 Å². The molecule has 1 heterocycles. The number of benzene rings is 1. The van der Waals surface area contributed by atoms with Gasteiger partial charge in [0.05, 0.1) is 25.3 Å². The van der Waals surface area contributed by atoms with E-state index in [4.69, 9.17) is 14.5 Å². The first-order valence-electron chi connectivity index (χ1n) is 6.95. The molecule has 0 aliphatic carbocycles. The molecule has 4 nitrogen and oxygen atoms in total. The molecule has 0 atom stereocenters. The smallest absolute Gasteiger partial charge is 0.145 e. The van der Waals surface area contributed by atoms with E-state index < -0.39 is 0 Å². The first-order valence-corrected chi connectivity index (χ1v) is 6.95. The molecule has 0 amide bonds. The lowest BCUT2D eigenvalue weighted by molar-refractivity contribution is 0.409. The van der Waals surface area contributed by atoms with Gasteiger partial charge >= 0.3 is 0 Å². The summed E-state index contributed by atoms with van der Waals surface area (Å²) in [4.78, 5) is 4.72. The zero-order chi connectivity index (χ0) is 14.7. The molecule has 0 fully saturated rings. The van der Waals surface area contributed by atoms with Crippen molar-refractivity contribution in [3.05, 3.63) is 23.4 Å². The lowest BCUT2D eigenvalue weighted by Gasteiger charge is -2.18. The molecule has 0 unspecified atom stereocenters. The predicted molar refractivity (Wildman–Crippen MR) is 83.1 cm³/mol. The second-order valence-electron chi connectivity index (χ2n) is 4.63. The van der Waals surface area contributed by atoms with Crippen molar-refractivity contribution in [1.82, 2.24) is 4.98 Å². The Balaban J connectivity index is 2.92. The van der Waals surface area contributed by atoms with Gasteiger partial charge in [-0.3, -0.25) is 0 Å². The van der Waals surface area contributed by atoms with Crippen LogP contribution in [0.4, 0.5) is 5.69 Å². The minimum Gasteiger partial charge on any atom is -0.496 e. The Bertz CT molecular complexity index is 624. The maximum absolute atomic E-state index is 5.52. The van der Waals surface area contributed by atoms with Crippen LogP contribution >= 0.6 is 0 Å². The van der Waals surface area contributed by atoms with Crippen LogP contribution in [0, 0.1) is 6.92 Å². The summed E-state index contributed by atoms with van der Waals surface area (Å²) in [6, 6.07) is 3.83. The van der Waals surface area contributed by atoms with Crippen molar-refractivity contribution in [2.45, 2.75) is 27.2 Å². The molecule has 0 bridgehead atoms.